The molecule has 1 rings (SSSR count). The summed E-state index contributed by atoms with van der Waals surface area (Å²) in [6.07, 6.45) is 0. The Kier molecular flexibility index (Phi) is 7.62. The Balaban J connectivity index is 0. The smallest absolute Gasteiger partial charge is 0.128 e. The fourth-order valence-corrected chi connectivity index (χ4v) is 1.02. The highest BCUT2D eigenvalue weighted by molar-refractivity contribution is 9.10. The Bertz CT molecular complexity index is 245. The van der Waals surface area contributed by atoms with Crippen LogP contribution in [0.25, 0.3) is 0 Å². The first-order valence-corrected chi connectivity index (χ1v) is 3.67. The van der Waals surface area contributed by atoms with Gasteiger partial charge >= 0.3 is 0 Å². The molecule has 0 aliphatic rings. The molecule has 0 aromatic heterocycles. The molecule has 3 radical (unpaired) electrons. The third kappa shape index (κ3) is 3.49. The lowest BCUT2D eigenvalue weighted by molar-refractivity contribution is 0.610. The Morgan fingerprint density at radius 3 is 2.42 bits per heavy atom. The third-order valence-electron chi connectivity index (χ3n) is 1.24. The maximum atomic E-state index is 12.7. The minimum Gasteiger partial charge on any atom is -0.326 e. The average Bonchev–Trinajstić information content (AvgIpc) is 1.88. The van der Waals surface area contributed by atoms with Crippen LogP contribution in [-0.4, -0.2) is 0 Å². The normalized spacial score (nSPS) is 8.25. The Morgan fingerprint density at radius 2 is 2.00 bits per heavy atom. The minimum atomic E-state index is -0.253. The molecule has 0 unspecified atom stereocenters. The molecule has 0 aliphatic heterocycles. The number of rotatable bonds is 1. The van der Waals surface area contributed by atoms with Gasteiger partial charge in [-0.25, -0.2) is 4.39 Å². The molecule has 1 aromatic rings. The Hall–Kier alpha value is -0.160. The van der Waals surface area contributed by atoms with E-state index >= 15 is 0 Å². The summed E-state index contributed by atoms with van der Waals surface area (Å²) < 4.78 is 13.5. The van der Waals surface area contributed by atoms with Crippen molar-refractivity contribution < 1.29 is 4.39 Å². The van der Waals surface area contributed by atoms with E-state index in [9.17, 15) is 4.39 Å². The Labute approximate surface area is 85.5 Å². The van der Waals surface area contributed by atoms with E-state index in [1.165, 1.54) is 6.07 Å². The number of hydrogen-bond acceptors (Lipinski definition) is 1. The van der Waals surface area contributed by atoms with Crippen molar-refractivity contribution in [2.24, 2.45) is 5.73 Å². The second-order valence-electron chi connectivity index (χ2n) is 1.94. The van der Waals surface area contributed by atoms with Crippen LogP contribution in [0.15, 0.2) is 22.7 Å². The van der Waals surface area contributed by atoms with Gasteiger partial charge in [0, 0.05) is 22.7 Å². The van der Waals surface area contributed by atoms with E-state index in [2.05, 4.69) is 15.9 Å². The molecule has 2 nitrogen and oxygen atoms in total. The lowest BCUT2D eigenvalue weighted by Gasteiger charge is -1.97. The van der Waals surface area contributed by atoms with E-state index < -0.39 is 0 Å². The molecule has 5 heteroatoms. The summed E-state index contributed by atoms with van der Waals surface area (Å²) in [6.45, 7) is 0.249. The monoisotopic (exact) mass is 253 g/mol. The molecule has 12 heavy (non-hydrogen) atoms. The quantitative estimate of drug-likeness (QED) is 0.818. The standard InChI is InChI=1S/C7H7BrFN.ClH.N/c8-6-2-1-5(4-10)7(9)3-6;;/h1-3H,4,10H2;1H;. The first-order valence-electron chi connectivity index (χ1n) is 2.88. The summed E-state index contributed by atoms with van der Waals surface area (Å²) in [6, 6.07) is 4.84. The van der Waals surface area contributed by atoms with E-state index in [-0.39, 0.29) is 30.9 Å². The van der Waals surface area contributed by atoms with Gasteiger partial charge in [-0.2, -0.15) is 0 Å². The highest BCUT2D eigenvalue weighted by atomic mass is 79.9. The number of nitrogens with two attached hydrogens (primary N) is 1. The van der Waals surface area contributed by atoms with Crippen LogP contribution in [0.3, 0.4) is 0 Å². The van der Waals surface area contributed by atoms with Gasteiger partial charge in [-0.15, -0.1) is 12.4 Å². The number of benzene rings is 1. The van der Waals surface area contributed by atoms with Gasteiger partial charge in [0.2, 0.25) is 0 Å². The van der Waals surface area contributed by atoms with Gasteiger partial charge in [0.25, 0.3) is 0 Å². The molecule has 0 saturated carbocycles. The lowest BCUT2D eigenvalue weighted by Crippen LogP contribution is -1.98. The van der Waals surface area contributed by atoms with Gasteiger partial charge in [0.05, 0.1) is 0 Å². The summed E-state index contributed by atoms with van der Waals surface area (Å²) in [5, 5.41) is 0. The van der Waals surface area contributed by atoms with Crippen molar-refractivity contribution >= 4 is 28.3 Å². The molecular weight excluding hydrogens is 246 g/mol. The summed E-state index contributed by atoms with van der Waals surface area (Å²) in [5.41, 5.74) is 5.79. The summed E-state index contributed by atoms with van der Waals surface area (Å²) in [7, 11) is 0. The second kappa shape index (κ2) is 6.37. The zero-order valence-corrected chi connectivity index (χ0v) is 8.53. The van der Waals surface area contributed by atoms with E-state index in [0.717, 1.165) is 4.47 Å². The van der Waals surface area contributed by atoms with Gasteiger partial charge in [-0.1, -0.05) is 22.0 Å². The predicted molar refractivity (Wildman–Crippen MR) is 51.4 cm³/mol. The maximum Gasteiger partial charge on any atom is 0.128 e. The Morgan fingerprint density at radius 1 is 1.42 bits per heavy atom. The molecule has 0 spiro atoms. The molecule has 0 bridgehead atoms. The van der Waals surface area contributed by atoms with Gasteiger partial charge in [-0.3, -0.25) is 0 Å². The van der Waals surface area contributed by atoms with Crippen molar-refractivity contribution in [2.45, 2.75) is 6.54 Å². The second-order valence-corrected chi connectivity index (χ2v) is 2.86. The third-order valence-corrected chi connectivity index (χ3v) is 1.73. The highest BCUT2D eigenvalue weighted by Gasteiger charge is 1.98. The fraction of sp³-hybridized carbons (Fsp3) is 0.143. The van der Waals surface area contributed by atoms with Crippen LogP contribution in [0.2, 0.25) is 0 Å². The topological polar surface area (TPSA) is 56.5 Å². The molecule has 0 amide bonds. The lowest BCUT2D eigenvalue weighted by atomic mass is 10.2. The minimum absolute atomic E-state index is 0. The zero-order valence-electron chi connectivity index (χ0n) is 6.13. The van der Waals surface area contributed by atoms with E-state index in [1.807, 2.05) is 0 Å². The molecule has 0 atom stereocenters. The van der Waals surface area contributed by atoms with Crippen LogP contribution in [0, 0.1) is 5.82 Å². The predicted octanol–water partition coefficient (Wildman–Crippen LogP) is 1.99. The van der Waals surface area contributed by atoms with Crippen molar-refractivity contribution in [2.75, 3.05) is 0 Å². The van der Waals surface area contributed by atoms with Crippen molar-refractivity contribution in [3.05, 3.63) is 34.1 Å². The molecule has 2 N–H and O–H groups in total. The molecule has 0 saturated heterocycles. The summed E-state index contributed by atoms with van der Waals surface area (Å²) >= 11 is 3.14. The van der Waals surface area contributed by atoms with Gasteiger partial charge in [0.1, 0.15) is 5.82 Å². The van der Waals surface area contributed by atoms with Crippen LogP contribution >= 0.6 is 28.3 Å². The van der Waals surface area contributed by atoms with Crippen molar-refractivity contribution in [3.63, 3.8) is 0 Å². The molecule has 1 aromatic carbocycles. The van der Waals surface area contributed by atoms with E-state index in [0.29, 0.717) is 5.56 Å². The molecular formula is C7H8BrClFN2. The van der Waals surface area contributed by atoms with Crippen LogP contribution in [0.1, 0.15) is 5.56 Å². The number of hydrogen-bond donors (Lipinski definition) is 1. The maximum absolute atomic E-state index is 12.7. The first kappa shape index (κ1) is 14.4. The summed E-state index contributed by atoms with van der Waals surface area (Å²) in [4.78, 5) is 0. The van der Waals surface area contributed by atoms with E-state index in [4.69, 9.17) is 5.73 Å². The van der Waals surface area contributed by atoms with Crippen molar-refractivity contribution in [1.82, 2.24) is 6.15 Å². The van der Waals surface area contributed by atoms with Crippen molar-refractivity contribution in [3.8, 4) is 0 Å². The molecule has 67 valence electrons. The molecule has 0 aliphatic carbocycles. The van der Waals surface area contributed by atoms with Crippen LogP contribution in [0.5, 0.6) is 0 Å². The molecule has 0 heterocycles. The van der Waals surface area contributed by atoms with Gasteiger partial charge in [-0.05, 0) is 12.1 Å². The van der Waals surface area contributed by atoms with Crippen LogP contribution in [0.4, 0.5) is 4.39 Å². The van der Waals surface area contributed by atoms with Crippen molar-refractivity contribution in [1.29, 1.82) is 0 Å². The highest BCUT2D eigenvalue weighted by Crippen LogP contribution is 2.14. The first-order chi connectivity index (χ1) is 4.74. The van der Waals surface area contributed by atoms with E-state index in [1.54, 1.807) is 12.1 Å². The molecule has 0 fully saturated rings. The largest absolute Gasteiger partial charge is 0.326 e. The average molecular weight is 255 g/mol. The number of halogens is 3. The SMILES string of the molecule is Cl.NCc1ccc(Br)cc1F.[N]. The van der Waals surface area contributed by atoms with Crippen LogP contribution in [-0.2, 0) is 6.54 Å². The van der Waals surface area contributed by atoms with Gasteiger partial charge < -0.3 is 5.73 Å². The fourth-order valence-electron chi connectivity index (χ4n) is 0.687. The number of nitrogens with zero attached hydrogens (tertiary/aromatic N) is 1. The summed E-state index contributed by atoms with van der Waals surface area (Å²) in [5.74, 6) is -0.253. The van der Waals surface area contributed by atoms with Gasteiger partial charge in [0.15, 0.2) is 0 Å². The zero-order chi connectivity index (χ0) is 7.56. The van der Waals surface area contributed by atoms with Crippen LogP contribution < -0.4 is 11.9 Å².